The lowest BCUT2D eigenvalue weighted by Crippen LogP contribution is -2.34. The molecule has 70 valence electrons. The molecule has 0 fully saturated rings. The fraction of sp³-hybridized carbons (Fsp3) is 0.778. The van der Waals surface area contributed by atoms with Crippen LogP contribution in [0.15, 0.2) is 4.99 Å². The summed E-state index contributed by atoms with van der Waals surface area (Å²) in [6, 6.07) is 0. The summed E-state index contributed by atoms with van der Waals surface area (Å²) >= 11 is 0. The second-order valence-electron chi connectivity index (χ2n) is 3.03. The first-order chi connectivity index (χ1) is 5.60. The average Bonchev–Trinajstić information content (AvgIpc) is 2.12. The van der Waals surface area contributed by atoms with Crippen LogP contribution in [-0.4, -0.2) is 25.3 Å². The molecular formula is C9H17NO2. The molecule has 0 unspecified atom stereocenters. The highest BCUT2D eigenvalue weighted by atomic mass is 16.5. The number of nitrogens with zero attached hydrogens (tertiary/aromatic N) is 1. The third kappa shape index (κ3) is 2.64. The maximum absolute atomic E-state index is 11.2. The second-order valence-corrected chi connectivity index (χ2v) is 3.03. The van der Waals surface area contributed by atoms with E-state index in [9.17, 15) is 4.79 Å². The van der Waals surface area contributed by atoms with Gasteiger partial charge in [-0.3, -0.25) is 4.99 Å². The molecule has 12 heavy (non-hydrogen) atoms. The van der Waals surface area contributed by atoms with Crippen molar-refractivity contribution in [2.45, 2.75) is 38.6 Å². The molecule has 0 bridgehead atoms. The van der Waals surface area contributed by atoms with Gasteiger partial charge in [0, 0.05) is 0 Å². The van der Waals surface area contributed by atoms with Crippen LogP contribution in [0.4, 0.5) is 0 Å². The minimum Gasteiger partial charge on any atom is -0.467 e. The molecule has 0 aromatic rings. The lowest BCUT2D eigenvalue weighted by atomic mass is 9.96. The average molecular weight is 171 g/mol. The lowest BCUT2D eigenvalue weighted by Gasteiger charge is -2.20. The Hall–Kier alpha value is -0.860. The Kier molecular flexibility index (Phi) is 4.55. The monoisotopic (exact) mass is 171 g/mol. The number of rotatable bonds is 5. The standard InChI is InChI=1S/C9H17NO2/c1-5-6-7-9(2,10-3)8(11)12-4/h3,5-7H2,1-2,4H3/t9-/m1/s1. The van der Waals surface area contributed by atoms with Crippen LogP contribution in [0, 0.1) is 0 Å². The predicted molar refractivity (Wildman–Crippen MR) is 49.5 cm³/mol. The third-order valence-corrected chi connectivity index (χ3v) is 1.99. The maximum atomic E-state index is 11.2. The molecular weight excluding hydrogens is 154 g/mol. The number of unbranched alkanes of at least 4 members (excludes halogenated alkanes) is 1. The zero-order valence-electron chi connectivity index (χ0n) is 8.09. The van der Waals surface area contributed by atoms with E-state index in [2.05, 4.69) is 23.4 Å². The van der Waals surface area contributed by atoms with Crippen LogP contribution >= 0.6 is 0 Å². The fourth-order valence-corrected chi connectivity index (χ4v) is 0.987. The van der Waals surface area contributed by atoms with Gasteiger partial charge in [-0.15, -0.1) is 0 Å². The Morgan fingerprint density at radius 3 is 2.58 bits per heavy atom. The van der Waals surface area contributed by atoms with Crippen molar-refractivity contribution >= 4 is 12.7 Å². The van der Waals surface area contributed by atoms with Crippen LogP contribution in [0.2, 0.25) is 0 Å². The topological polar surface area (TPSA) is 38.7 Å². The Morgan fingerprint density at radius 2 is 2.25 bits per heavy atom. The van der Waals surface area contributed by atoms with Crippen LogP contribution in [-0.2, 0) is 9.53 Å². The molecule has 0 amide bonds. The molecule has 0 aliphatic heterocycles. The van der Waals surface area contributed by atoms with E-state index in [1.807, 2.05) is 0 Å². The highest BCUT2D eigenvalue weighted by molar-refractivity contribution is 5.81. The number of ether oxygens (including phenoxy) is 1. The molecule has 3 nitrogen and oxygen atoms in total. The summed E-state index contributed by atoms with van der Waals surface area (Å²) in [7, 11) is 1.37. The van der Waals surface area contributed by atoms with E-state index in [4.69, 9.17) is 0 Å². The SMILES string of the molecule is C=N[C@](C)(CCCC)C(=O)OC. The second kappa shape index (κ2) is 4.91. The molecule has 1 atom stereocenters. The largest absolute Gasteiger partial charge is 0.467 e. The van der Waals surface area contributed by atoms with Crippen LogP contribution < -0.4 is 0 Å². The van der Waals surface area contributed by atoms with Crippen molar-refractivity contribution in [2.75, 3.05) is 7.11 Å². The van der Waals surface area contributed by atoms with Crippen LogP contribution in [0.5, 0.6) is 0 Å². The van der Waals surface area contributed by atoms with Crippen LogP contribution in [0.1, 0.15) is 33.1 Å². The van der Waals surface area contributed by atoms with Gasteiger partial charge >= 0.3 is 5.97 Å². The minimum absolute atomic E-state index is 0.300. The summed E-state index contributed by atoms with van der Waals surface area (Å²) in [4.78, 5) is 15.0. The summed E-state index contributed by atoms with van der Waals surface area (Å²) in [6.07, 6.45) is 2.71. The zero-order valence-corrected chi connectivity index (χ0v) is 8.09. The number of aliphatic imine (C=N–C) groups is 1. The van der Waals surface area contributed by atoms with Crippen molar-refractivity contribution < 1.29 is 9.53 Å². The van der Waals surface area contributed by atoms with Crippen molar-refractivity contribution in [3.05, 3.63) is 0 Å². The van der Waals surface area contributed by atoms with E-state index in [1.165, 1.54) is 7.11 Å². The van der Waals surface area contributed by atoms with Crippen molar-refractivity contribution in [1.29, 1.82) is 0 Å². The molecule has 0 aliphatic carbocycles. The molecule has 0 spiro atoms. The number of hydrogen-bond acceptors (Lipinski definition) is 3. The van der Waals surface area contributed by atoms with Gasteiger partial charge in [-0.05, 0) is 20.1 Å². The lowest BCUT2D eigenvalue weighted by molar-refractivity contribution is -0.146. The Morgan fingerprint density at radius 1 is 1.67 bits per heavy atom. The van der Waals surface area contributed by atoms with E-state index >= 15 is 0 Å². The van der Waals surface area contributed by atoms with E-state index in [1.54, 1.807) is 6.92 Å². The van der Waals surface area contributed by atoms with Gasteiger partial charge in [0.2, 0.25) is 0 Å². The van der Waals surface area contributed by atoms with Gasteiger partial charge < -0.3 is 4.74 Å². The number of carbonyl (C=O) groups is 1. The first kappa shape index (κ1) is 11.1. The van der Waals surface area contributed by atoms with Crippen molar-refractivity contribution in [3.63, 3.8) is 0 Å². The molecule has 0 heterocycles. The number of esters is 1. The summed E-state index contributed by atoms with van der Waals surface area (Å²) < 4.78 is 4.63. The zero-order chi connectivity index (χ0) is 9.61. The third-order valence-electron chi connectivity index (χ3n) is 1.99. The van der Waals surface area contributed by atoms with Crippen molar-refractivity contribution in [1.82, 2.24) is 0 Å². The van der Waals surface area contributed by atoms with Crippen molar-refractivity contribution in [3.8, 4) is 0 Å². The van der Waals surface area contributed by atoms with E-state index in [-0.39, 0.29) is 5.97 Å². The minimum atomic E-state index is -0.745. The van der Waals surface area contributed by atoms with E-state index in [0.29, 0.717) is 6.42 Å². The summed E-state index contributed by atoms with van der Waals surface area (Å²) in [5, 5.41) is 0. The van der Waals surface area contributed by atoms with Gasteiger partial charge in [-0.25, -0.2) is 4.79 Å². The Balaban J connectivity index is 4.23. The fourth-order valence-electron chi connectivity index (χ4n) is 0.987. The molecule has 0 aliphatic rings. The highest BCUT2D eigenvalue weighted by Gasteiger charge is 2.31. The molecule has 0 rings (SSSR count). The number of carbonyl (C=O) groups excluding carboxylic acids is 1. The smallest absolute Gasteiger partial charge is 0.333 e. The molecule has 0 aromatic carbocycles. The Bertz CT molecular complexity index is 168. The number of hydrogen-bond donors (Lipinski definition) is 0. The van der Waals surface area contributed by atoms with Crippen molar-refractivity contribution in [2.24, 2.45) is 4.99 Å². The number of methoxy groups -OCH3 is 1. The van der Waals surface area contributed by atoms with Crippen LogP contribution in [0.3, 0.4) is 0 Å². The normalized spacial score (nSPS) is 14.9. The van der Waals surface area contributed by atoms with E-state index < -0.39 is 5.54 Å². The summed E-state index contributed by atoms with van der Waals surface area (Å²) in [6.45, 7) is 7.23. The summed E-state index contributed by atoms with van der Waals surface area (Å²) in [5.41, 5.74) is -0.745. The van der Waals surface area contributed by atoms with Gasteiger partial charge in [-0.1, -0.05) is 19.8 Å². The van der Waals surface area contributed by atoms with E-state index in [0.717, 1.165) is 12.8 Å². The first-order valence-corrected chi connectivity index (χ1v) is 4.17. The van der Waals surface area contributed by atoms with Gasteiger partial charge in [0.15, 0.2) is 5.54 Å². The first-order valence-electron chi connectivity index (χ1n) is 4.17. The van der Waals surface area contributed by atoms with Gasteiger partial charge in [0.25, 0.3) is 0 Å². The van der Waals surface area contributed by atoms with Gasteiger partial charge in [0.05, 0.1) is 7.11 Å². The molecule has 0 N–H and O–H groups in total. The Labute approximate surface area is 73.8 Å². The molecule has 0 saturated heterocycles. The van der Waals surface area contributed by atoms with Gasteiger partial charge in [0.1, 0.15) is 0 Å². The quantitative estimate of drug-likeness (QED) is 0.467. The molecule has 0 saturated carbocycles. The van der Waals surface area contributed by atoms with Gasteiger partial charge in [-0.2, -0.15) is 0 Å². The molecule has 0 radical (unpaired) electrons. The highest BCUT2D eigenvalue weighted by Crippen LogP contribution is 2.19. The van der Waals surface area contributed by atoms with Crippen LogP contribution in [0.25, 0.3) is 0 Å². The molecule has 3 heteroatoms. The predicted octanol–water partition coefficient (Wildman–Crippen LogP) is 1.81. The summed E-state index contributed by atoms with van der Waals surface area (Å²) in [5.74, 6) is -0.300. The maximum Gasteiger partial charge on any atom is 0.333 e. The molecule has 0 aromatic heterocycles.